The summed E-state index contributed by atoms with van der Waals surface area (Å²) in [5.41, 5.74) is 10.0. The van der Waals surface area contributed by atoms with Gasteiger partial charge in [-0.3, -0.25) is 4.79 Å². The molecule has 3 fully saturated rings. The molecule has 0 radical (unpaired) electrons. The Morgan fingerprint density at radius 2 is 1.75 bits per heavy atom. The molecule has 6 rings (SSSR count). The Bertz CT molecular complexity index is 976. The maximum atomic E-state index is 12.4. The number of carbonyl (C=O) groups is 1. The average molecular weight is 435 g/mol. The Hall–Kier alpha value is -2.01. The fourth-order valence-corrected chi connectivity index (χ4v) is 8.97. The first-order valence-corrected chi connectivity index (χ1v) is 12.6. The standard InChI is InChI=1S/C27H38N4O/c1-25-13-12-24(32)31(3)23(25)9-8-18-17(25)10-14-26(2)19(11-15-27(18,26)28)22-16-29-20-6-4-5-7-21(20)30-22/h4-7,12-13,17-19,22-23,29-30H,8-11,14-16,28H2,1-3H3/t17?,18?,19-,22?,23?,25-,26-,27-/m1/s1. The van der Waals surface area contributed by atoms with Crippen molar-refractivity contribution in [2.45, 2.75) is 70.0 Å². The number of nitrogens with one attached hydrogen (secondary N) is 2. The summed E-state index contributed by atoms with van der Waals surface area (Å²) in [6.07, 6.45) is 11.0. The number of hydrogen-bond acceptors (Lipinski definition) is 4. The fraction of sp³-hybridized carbons (Fsp3) is 0.667. The molecule has 4 N–H and O–H groups in total. The van der Waals surface area contributed by atoms with Gasteiger partial charge in [0.2, 0.25) is 5.91 Å². The maximum Gasteiger partial charge on any atom is 0.246 e. The molecule has 5 nitrogen and oxygen atoms in total. The van der Waals surface area contributed by atoms with Crippen molar-refractivity contribution in [2.24, 2.45) is 34.3 Å². The van der Waals surface area contributed by atoms with Crippen LogP contribution in [0.25, 0.3) is 0 Å². The number of anilines is 2. The van der Waals surface area contributed by atoms with Crippen molar-refractivity contribution >= 4 is 17.3 Å². The number of hydrogen-bond donors (Lipinski definition) is 3. The van der Waals surface area contributed by atoms with E-state index in [1.54, 1.807) is 0 Å². The summed E-state index contributed by atoms with van der Waals surface area (Å²) >= 11 is 0. The van der Waals surface area contributed by atoms with Gasteiger partial charge in [0.05, 0.1) is 11.4 Å². The van der Waals surface area contributed by atoms with E-state index in [-0.39, 0.29) is 22.3 Å². The number of nitrogens with two attached hydrogens (primary N) is 1. The largest absolute Gasteiger partial charge is 0.381 e. The van der Waals surface area contributed by atoms with Crippen LogP contribution >= 0.6 is 0 Å². The van der Waals surface area contributed by atoms with Gasteiger partial charge in [0.15, 0.2) is 0 Å². The minimum atomic E-state index is -0.124. The first-order chi connectivity index (χ1) is 15.3. The molecule has 32 heavy (non-hydrogen) atoms. The van der Waals surface area contributed by atoms with Gasteiger partial charge in [0, 0.05) is 36.6 Å². The normalized spacial score (nSPS) is 46.9. The number of rotatable bonds is 1. The molecule has 0 aromatic heterocycles. The number of para-hydroxylation sites is 2. The summed E-state index contributed by atoms with van der Waals surface area (Å²) in [5.74, 6) is 1.82. The molecule has 1 aromatic rings. The van der Waals surface area contributed by atoms with Crippen molar-refractivity contribution in [1.82, 2.24) is 4.90 Å². The second kappa shape index (κ2) is 6.75. The maximum absolute atomic E-state index is 12.4. The molecule has 172 valence electrons. The van der Waals surface area contributed by atoms with E-state index in [0.717, 1.165) is 25.8 Å². The lowest BCUT2D eigenvalue weighted by molar-refractivity contribution is -0.140. The van der Waals surface area contributed by atoms with Gasteiger partial charge in [-0.05, 0) is 79.9 Å². The summed E-state index contributed by atoms with van der Waals surface area (Å²) in [6.45, 7) is 5.87. The van der Waals surface area contributed by atoms with E-state index in [1.807, 2.05) is 18.0 Å². The third-order valence-corrected chi connectivity index (χ3v) is 10.8. The van der Waals surface area contributed by atoms with E-state index >= 15 is 0 Å². The van der Waals surface area contributed by atoms with Crippen molar-refractivity contribution in [3.63, 3.8) is 0 Å². The van der Waals surface area contributed by atoms with Gasteiger partial charge in [0.25, 0.3) is 0 Å². The van der Waals surface area contributed by atoms with Gasteiger partial charge in [-0.15, -0.1) is 0 Å². The quantitative estimate of drug-likeness (QED) is 0.619. The molecule has 4 unspecified atom stereocenters. The first-order valence-electron chi connectivity index (χ1n) is 12.6. The molecule has 5 heteroatoms. The highest BCUT2D eigenvalue weighted by atomic mass is 16.2. The topological polar surface area (TPSA) is 70.4 Å². The summed E-state index contributed by atoms with van der Waals surface area (Å²) in [4.78, 5) is 14.4. The molecule has 1 aromatic carbocycles. The number of benzene rings is 1. The predicted octanol–water partition coefficient (Wildman–Crippen LogP) is 4.23. The molecule has 1 amide bonds. The van der Waals surface area contributed by atoms with Gasteiger partial charge in [0.1, 0.15) is 0 Å². The molecule has 2 aliphatic heterocycles. The Balaban J connectivity index is 1.30. The fourth-order valence-electron chi connectivity index (χ4n) is 8.97. The van der Waals surface area contributed by atoms with E-state index in [0.29, 0.717) is 29.8 Å². The van der Waals surface area contributed by atoms with Crippen LogP contribution in [0, 0.1) is 28.6 Å². The van der Waals surface area contributed by atoms with E-state index in [1.165, 1.54) is 30.6 Å². The van der Waals surface area contributed by atoms with Gasteiger partial charge in [-0.2, -0.15) is 0 Å². The van der Waals surface area contributed by atoms with E-state index in [4.69, 9.17) is 5.73 Å². The van der Waals surface area contributed by atoms with Gasteiger partial charge >= 0.3 is 0 Å². The minimum Gasteiger partial charge on any atom is -0.381 e. The Labute approximate surface area is 192 Å². The van der Waals surface area contributed by atoms with E-state index in [9.17, 15) is 4.79 Å². The van der Waals surface area contributed by atoms with Crippen LogP contribution in [0.5, 0.6) is 0 Å². The average Bonchev–Trinajstić information content (AvgIpc) is 3.08. The minimum absolute atomic E-state index is 0.0426. The molecular formula is C27H38N4O. The zero-order chi connectivity index (χ0) is 22.3. The number of likely N-dealkylation sites (N-methyl/N-ethyl adjacent to an activating group) is 1. The lowest BCUT2D eigenvalue weighted by atomic mass is 9.45. The number of amides is 1. The molecule has 5 aliphatic rings. The van der Waals surface area contributed by atoms with Crippen molar-refractivity contribution < 1.29 is 4.79 Å². The van der Waals surface area contributed by atoms with Crippen LogP contribution < -0.4 is 16.4 Å². The van der Waals surface area contributed by atoms with Crippen molar-refractivity contribution in [3.05, 3.63) is 36.4 Å². The highest BCUT2D eigenvalue weighted by molar-refractivity contribution is 5.89. The Morgan fingerprint density at radius 1 is 1.00 bits per heavy atom. The number of fused-ring (bicyclic) bond motifs is 6. The molecule has 0 spiro atoms. The second-order valence-corrected chi connectivity index (χ2v) is 11.8. The summed E-state index contributed by atoms with van der Waals surface area (Å²) in [6, 6.07) is 9.29. The molecule has 3 saturated carbocycles. The van der Waals surface area contributed by atoms with Crippen LogP contribution in [0.3, 0.4) is 0 Å². The van der Waals surface area contributed by atoms with E-state index < -0.39 is 0 Å². The van der Waals surface area contributed by atoms with Crippen LogP contribution in [-0.2, 0) is 4.79 Å². The zero-order valence-electron chi connectivity index (χ0n) is 19.7. The SMILES string of the molecule is CN1C(=O)C=C[C@]2(C)C3CC[C@]4(C)[C@@H](C5CNc6ccccc6N5)CC[C@@]4(N)C3CCC12. The van der Waals surface area contributed by atoms with Gasteiger partial charge in [-0.1, -0.05) is 32.1 Å². The summed E-state index contributed by atoms with van der Waals surface area (Å²) in [5, 5.41) is 7.55. The molecule has 0 bridgehead atoms. The monoisotopic (exact) mass is 434 g/mol. The van der Waals surface area contributed by atoms with Gasteiger partial charge in [-0.25, -0.2) is 0 Å². The van der Waals surface area contributed by atoms with Crippen molar-refractivity contribution in [2.75, 3.05) is 24.2 Å². The highest BCUT2D eigenvalue weighted by Gasteiger charge is 2.67. The Morgan fingerprint density at radius 3 is 2.56 bits per heavy atom. The Kier molecular flexibility index (Phi) is 4.34. The zero-order valence-corrected chi connectivity index (χ0v) is 19.7. The third kappa shape index (κ3) is 2.52. The molecule has 3 aliphatic carbocycles. The lowest BCUT2D eigenvalue weighted by Crippen LogP contribution is -2.69. The van der Waals surface area contributed by atoms with Gasteiger partial charge < -0.3 is 21.3 Å². The smallest absolute Gasteiger partial charge is 0.246 e. The van der Waals surface area contributed by atoms with E-state index in [2.05, 4.69) is 54.8 Å². The summed E-state index contributed by atoms with van der Waals surface area (Å²) in [7, 11) is 1.99. The second-order valence-electron chi connectivity index (χ2n) is 11.8. The van der Waals surface area contributed by atoms with Crippen LogP contribution in [0.15, 0.2) is 36.4 Å². The highest BCUT2D eigenvalue weighted by Crippen LogP contribution is 2.67. The van der Waals surface area contributed by atoms with Crippen LogP contribution in [-0.4, -0.2) is 42.0 Å². The van der Waals surface area contributed by atoms with Crippen LogP contribution in [0.2, 0.25) is 0 Å². The van der Waals surface area contributed by atoms with Crippen LogP contribution in [0.4, 0.5) is 11.4 Å². The number of nitrogens with zero attached hydrogens (tertiary/aromatic N) is 1. The number of carbonyl (C=O) groups excluding carboxylic acids is 1. The first kappa shape index (κ1) is 20.6. The molecule has 8 atom stereocenters. The van der Waals surface area contributed by atoms with Crippen molar-refractivity contribution in [1.29, 1.82) is 0 Å². The molecule has 2 heterocycles. The summed E-state index contributed by atoms with van der Waals surface area (Å²) < 4.78 is 0. The third-order valence-electron chi connectivity index (χ3n) is 10.8. The van der Waals surface area contributed by atoms with Crippen molar-refractivity contribution in [3.8, 4) is 0 Å². The predicted molar refractivity (Wildman–Crippen MR) is 129 cm³/mol. The molecule has 0 saturated heterocycles. The van der Waals surface area contributed by atoms with Crippen LogP contribution in [0.1, 0.15) is 52.4 Å². The lowest BCUT2D eigenvalue weighted by Gasteiger charge is -2.64. The molecular weight excluding hydrogens is 396 g/mol.